The highest BCUT2D eigenvalue weighted by Gasteiger charge is 2.04. The first-order valence-corrected chi connectivity index (χ1v) is 4.98. The van der Waals surface area contributed by atoms with Gasteiger partial charge >= 0.3 is 0 Å². The van der Waals surface area contributed by atoms with Gasteiger partial charge in [0.2, 0.25) is 0 Å². The Kier molecular flexibility index (Phi) is 2.88. The van der Waals surface area contributed by atoms with Crippen molar-refractivity contribution in [2.45, 2.75) is 0 Å². The first kappa shape index (κ1) is 10.3. The molecule has 16 heavy (non-hydrogen) atoms. The standard InChI is InChI=1S/C14H11NO/c1-16-14-9-8-11-5-2-3-6-12(11)13(14)7-4-10-15/h2-9H,1H3/b7-4+. The Morgan fingerprint density at radius 1 is 1.19 bits per heavy atom. The Morgan fingerprint density at radius 3 is 2.75 bits per heavy atom. The quantitative estimate of drug-likeness (QED) is 0.710. The predicted octanol–water partition coefficient (Wildman–Crippen LogP) is 3.39. The van der Waals surface area contributed by atoms with E-state index in [1.165, 1.54) is 6.08 Å². The lowest BCUT2D eigenvalue weighted by molar-refractivity contribution is 0.414. The average molecular weight is 209 g/mol. The first-order chi connectivity index (χ1) is 7.86. The lowest BCUT2D eigenvalue weighted by Gasteiger charge is -2.08. The van der Waals surface area contributed by atoms with Crippen molar-refractivity contribution in [2.75, 3.05) is 7.11 Å². The summed E-state index contributed by atoms with van der Waals surface area (Å²) in [5.41, 5.74) is 0.946. The van der Waals surface area contributed by atoms with Gasteiger partial charge in [-0.25, -0.2) is 0 Å². The molecule has 0 fully saturated rings. The molecule has 2 aromatic carbocycles. The van der Waals surface area contributed by atoms with Crippen LogP contribution in [0.2, 0.25) is 0 Å². The summed E-state index contributed by atoms with van der Waals surface area (Å²) in [6, 6.07) is 14.0. The minimum Gasteiger partial charge on any atom is -0.496 e. The van der Waals surface area contributed by atoms with Gasteiger partial charge in [0.1, 0.15) is 5.75 Å². The molecule has 0 spiro atoms. The van der Waals surface area contributed by atoms with Crippen LogP contribution in [0.3, 0.4) is 0 Å². The molecule has 0 saturated heterocycles. The molecular formula is C14H11NO. The zero-order chi connectivity index (χ0) is 11.4. The molecule has 2 aromatic rings. The lowest BCUT2D eigenvalue weighted by atomic mass is 10.0. The van der Waals surface area contributed by atoms with E-state index in [0.717, 1.165) is 22.1 Å². The maximum atomic E-state index is 8.59. The zero-order valence-corrected chi connectivity index (χ0v) is 8.97. The number of nitrogens with zero attached hydrogens (tertiary/aromatic N) is 1. The molecule has 0 unspecified atom stereocenters. The van der Waals surface area contributed by atoms with Crippen molar-refractivity contribution in [1.29, 1.82) is 5.26 Å². The Morgan fingerprint density at radius 2 is 2.00 bits per heavy atom. The normalized spacial score (nSPS) is 10.5. The van der Waals surface area contributed by atoms with Gasteiger partial charge in [-0.15, -0.1) is 0 Å². The second-order valence-corrected chi connectivity index (χ2v) is 3.37. The van der Waals surface area contributed by atoms with E-state index < -0.39 is 0 Å². The summed E-state index contributed by atoms with van der Waals surface area (Å²) in [5.74, 6) is 0.783. The Hall–Kier alpha value is -2.27. The number of hydrogen-bond acceptors (Lipinski definition) is 2. The highest BCUT2D eigenvalue weighted by atomic mass is 16.5. The smallest absolute Gasteiger partial charge is 0.126 e. The van der Waals surface area contributed by atoms with Crippen LogP contribution in [0, 0.1) is 11.3 Å². The first-order valence-electron chi connectivity index (χ1n) is 4.98. The van der Waals surface area contributed by atoms with Crippen LogP contribution < -0.4 is 4.74 Å². The molecule has 0 aliphatic carbocycles. The summed E-state index contributed by atoms with van der Waals surface area (Å²) in [7, 11) is 1.63. The van der Waals surface area contributed by atoms with Gasteiger partial charge in [0.15, 0.2) is 0 Å². The minimum absolute atomic E-state index is 0.783. The van der Waals surface area contributed by atoms with Gasteiger partial charge in [-0.1, -0.05) is 30.3 Å². The van der Waals surface area contributed by atoms with Crippen molar-refractivity contribution < 1.29 is 4.74 Å². The van der Waals surface area contributed by atoms with Crippen LogP contribution in [0.15, 0.2) is 42.5 Å². The number of nitriles is 1. The van der Waals surface area contributed by atoms with E-state index in [0.29, 0.717) is 0 Å². The van der Waals surface area contributed by atoms with Crippen LogP contribution in [0.5, 0.6) is 5.75 Å². The molecule has 0 heterocycles. The molecular weight excluding hydrogens is 198 g/mol. The molecule has 0 amide bonds. The van der Waals surface area contributed by atoms with Crippen molar-refractivity contribution >= 4 is 16.8 Å². The van der Waals surface area contributed by atoms with Crippen LogP contribution in [0.1, 0.15) is 5.56 Å². The third-order valence-electron chi connectivity index (χ3n) is 2.48. The van der Waals surface area contributed by atoms with E-state index in [4.69, 9.17) is 10.00 Å². The minimum atomic E-state index is 0.783. The van der Waals surface area contributed by atoms with Gasteiger partial charge in [-0.2, -0.15) is 5.26 Å². The molecule has 0 N–H and O–H groups in total. The van der Waals surface area contributed by atoms with Crippen LogP contribution in [-0.4, -0.2) is 7.11 Å². The second-order valence-electron chi connectivity index (χ2n) is 3.37. The number of benzene rings is 2. The van der Waals surface area contributed by atoms with Crippen molar-refractivity contribution in [3.8, 4) is 11.8 Å². The predicted molar refractivity (Wildman–Crippen MR) is 65.1 cm³/mol. The molecule has 0 aliphatic rings. The molecule has 0 bridgehead atoms. The van der Waals surface area contributed by atoms with E-state index in [9.17, 15) is 0 Å². The molecule has 2 heteroatoms. The molecule has 0 radical (unpaired) electrons. The van der Waals surface area contributed by atoms with Gasteiger partial charge in [0.05, 0.1) is 13.2 Å². The molecule has 0 aromatic heterocycles. The monoisotopic (exact) mass is 209 g/mol. The fourth-order valence-corrected chi connectivity index (χ4v) is 1.75. The molecule has 0 aliphatic heterocycles. The topological polar surface area (TPSA) is 33.0 Å². The van der Waals surface area contributed by atoms with E-state index in [1.54, 1.807) is 13.2 Å². The third kappa shape index (κ3) is 1.76. The fourth-order valence-electron chi connectivity index (χ4n) is 1.75. The summed E-state index contributed by atoms with van der Waals surface area (Å²) in [6.45, 7) is 0. The van der Waals surface area contributed by atoms with Gasteiger partial charge < -0.3 is 4.74 Å². The number of hydrogen-bond donors (Lipinski definition) is 0. The van der Waals surface area contributed by atoms with Crippen LogP contribution in [0.4, 0.5) is 0 Å². The summed E-state index contributed by atoms with van der Waals surface area (Å²) >= 11 is 0. The highest BCUT2D eigenvalue weighted by Crippen LogP contribution is 2.28. The number of rotatable bonds is 2. The van der Waals surface area contributed by atoms with Gasteiger partial charge in [-0.3, -0.25) is 0 Å². The van der Waals surface area contributed by atoms with Gasteiger partial charge in [-0.05, 0) is 22.9 Å². The van der Waals surface area contributed by atoms with E-state index in [1.807, 2.05) is 42.5 Å². The molecule has 78 valence electrons. The number of ether oxygens (including phenoxy) is 1. The average Bonchev–Trinajstić information content (AvgIpc) is 2.35. The van der Waals surface area contributed by atoms with Gasteiger partial charge in [0.25, 0.3) is 0 Å². The van der Waals surface area contributed by atoms with E-state index in [2.05, 4.69) is 0 Å². The molecule has 0 atom stereocenters. The number of fused-ring (bicyclic) bond motifs is 1. The molecule has 0 saturated carbocycles. The van der Waals surface area contributed by atoms with Crippen molar-refractivity contribution in [2.24, 2.45) is 0 Å². The SMILES string of the molecule is COc1ccc2ccccc2c1/C=C/C#N. The number of methoxy groups -OCH3 is 1. The van der Waals surface area contributed by atoms with Crippen LogP contribution in [-0.2, 0) is 0 Å². The second kappa shape index (κ2) is 4.50. The van der Waals surface area contributed by atoms with Crippen molar-refractivity contribution in [3.05, 3.63) is 48.0 Å². The van der Waals surface area contributed by atoms with E-state index >= 15 is 0 Å². The van der Waals surface area contributed by atoms with E-state index in [-0.39, 0.29) is 0 Å². The van der Waals surface area contributed by atoms with Gasteiger partial charge in [0, 0.05) is 11.6 Å². The Bertz CT molecular complexity index is 579. The summed E-state index contributed by atoms with van der Waals surface area (Å²) in [6.07, 6.45) is 3.24. The molecule has 2 nitrogen and oxygen atoms in total. The summed E-state index contributed by atoms with van der Waals surface area (Å²) in [4.78, 5) is 0. The largest absolute Gasteiger partial charge is 0.496 e. The maximum Gasteiger partial charge on any atom is 0.126 e. The Balaban J connectivity index is 2.74. The molecule has 2 rings (SSSR count). The Labute approximate surface area is 94.4 Å². The summed E-state index contributed by atoms with van der Waals surface area (Å²) < 4.78 is 5.29. The fraction of sp³-hybridized carbons (Fsp3) is 0.0714. The van der Waals surface area contributed by atoms with Crippen molar-refractivity contribution in [3.63, 3.8) is 0 Å². The third-order valence-corrected chi connectivity index (χ3v) is 2.48. The zero-order valence-electron chi connectivity index (χ0n) is 8.97. The summed E-state index contributed by atoms with van der Waals surface area (Å²) in [5, 5.41) is 10.8. The maximum absolute atomic E-state index is 8.59. The lowest BCUT2D eigenvalue weighted by Crippen LogP contribution is -1.88. The van der Waals surface area contributed by atoms with Crippen molar-refractivity contribution in [1.82, 2.24) is 0 Å². The van der Waals surface area contributed by atoms with Crippen LogP contribution in [0.25, 0.3) is 16.8 Å². The highest BCUT2D eigenvalue weighted by molar-refractivity contribution is 5.93. The number of allylic oxidation sites excluding steroid dienone is 1. The van der Waals surface area contributed by atoms with Crippen LogP contribution >= 0.6 is 0 Å².